The molecule has 6 nitrogen and oxygen atoms in total. The first-order valence-corrected chi connectivity index (χ1v) is 16.4. The molecule has 41 heavy (non-hydrogen) atoms. The smallest absolute Gasteiger partial charge is 0.303 e. The molecule has 0 saturated heterocycles. The average Bonchev–Trinajstić information content (AvgIpc) is 2.91. The molecule has 0 aromatic rings. The van der Waals surface area contributed by atoms with E-state index >= 15 is 0 Å². The minimum Gasteiger partial charge on any atom is -0.481 e. The summed E-state index contributed by atoms with van der Waals surface area (Å²) >= 11 is 0. The molecule has 236 valence electrons. The van der Waals surface area contributed by atoms with Crippen LogP contribution < -0.4 is 0 Å². The van der Waals surface area contributed by atoms with Crippen LogP contribution in [0.3, 0.4) is 0 Å². The van der Waals surface area contributed by atoms with Gasteiger partial charge < -0.3 is 15.3 Å². The van der Waals surface area contributed by atoms with Crippen LogP contribution in [0.4, 0.5) is 0 Å². The van der Waals surface area contributed by atoms with Crippen LogP contribution in [-0.2, 0) is 14.4 Å². The van der Waals surface area contributed by atoms with Crippen LogP contribution in [0.15, 0.2) is 36.5 Å². The van der Waals surface area contributed by atoms with Crippen molar-refractivity contribution in [3.8, 4) is 0 Å². The third kappa shape index (κ3) is 30.4. The second kappa shape index (κ2) is 27.8. The normalized spacial score (nSPS) is 13.4. The Kier molecular flexibility index (Phi) is 26.2. The van der Waals surface area contributed by atoms with E-state index < -0.39 is 17.9 Å². The molecular weight excluding hydrogens is 516 g/mol. The molecule has 0 radical (unpaired) electrons. The number of rotatable bonds is 30. The van der Waals surface area contributed by atoms with Crippen LogP contribution in [0.1, 0.15) is 161 Å². The summed E-state index contributed by atoms with van der Waals surface area (Å²) in [5, 5.41) is 26.1. The van der Waals surface area contributed by atoms with Crippen molar-refractivity contribution in [2.75, 3.05) is 0 Å². The van der Waals surface area contributed by atoms with Crippen molar-refractivity contribution < 1.29 is 29.7 Å². The fourth-order valence-corrected chi connectivity index (χ4v) is 4.92. The zero-order chi connectivity index (χ0) is 30.4. The van der Waals surface area contributed by atoms with E-state index in [4.69, 9.17) is 15.3 Å². The first kappa shape index (κ1) is 38.6. The molecule has 3 N–H and O–H groups in total. The van der Waals surface area contributed by atoms with Crippen molar-refractivity contribution in [2.45, 2.75) is 161 Å². The summed E-state index contributed by atoms with van der Waals surface area (Å²) in [5.74, 6) is -2.09. The zero-order valence-corrected chi connectivity index (χ0v) is 26.0. The summed E-state index contributed by atoms with van der Waals surface area (Å²) in [6, 6.07) is 0. The Morgan fingerprint density at radius 1 is 0.415 bits per heavy atom. The molecule has 0 aromatic carbocycles. The van der Waals surface area contributed by atoms with E-state index in [1.807, 2.05) is 0 Å². The zero-order valence-electron chi connectivity index (χ0n) is 26.0. The van der Waals surface area contributed by atoms with E-state index in [0.717, 1.165) is 96.3 Å². The molecule has 0 heterocycles. The van der Waals surface area contributed by atoms with Crippen molar-refractivity contribution >= 4 is 17.9 Å². The van der Waals surface area contributed by atoms with Crippen LogP contribution in [0.25, 0.3) is 0 Å². The van der Waals surface area contributed by atoms with Gasteiger partial charge in [-0.2, -0.15) is 0 Å². The molecule has 0 amide bonds. The summed E-state index contributed by atoms with van der Waals surface area (Å²) in [5.41, 5.74) is -0.0928. The highest BCUT2D eigenvalue weighted by atomic mass is 16.4. The number of carbonyl (C=O) groups is 3. The lowest BCUT2D eigenvalue weighted by Gasteiger charge is -2.17. The van der Waals surface area contributed by atoms with Gasteiger partial charge in [0.25, 0.3) is 0 Å². The van der Waals surface area contributed by atoms with E-state index in [0.29, 0.717) is 0 Å². The lowest BCUT2D eigenvalue weighted by molar-refractivity contribution is -0.138. The van der Waals surface area contributed by atoms with E-state index in [1.165, 1.54) is 38.5 Å². The third-order valence-electron chi connectivity index (χ3n) is 7.47. The molecule has 0 rings (SSSR count). The van der Waals surface area contributed by atoms with Crippen molar-refractivity contribution in [3.63, 3.8) is 0 Å². The van der Waals surface area contributed by atoms with Crippen LogP contribution in [0.5, 0.6) is 0 Å². The molecule has 0 spiro atoms. The second-order valence-corrected chi connectivity index (χ2v) is 11.7. The largest absolute Gasteiger partial charge is 0.481 e. The Morgan fingerprint density at radius 3 is 0.878 bits per heavy atom. The Balaban J connectivity index is 4.42. The van der Waals surface area contributed by atoms with Gasteiger partial charge in [0.2, 0.25) is 0 Å². The maximum atomic E-state index is 10.6. The molecule has 0 unspecified atom stereocenters. The van der Waals surface area contributed by atoms with Gasteiger partial charge in [-0.05, 0) is 64.7 Å². The van der Waals surface area contributed by atoms with Gasteiger partial charge in [0.05, 0.1) is 0 Å². The molecule has 0 aliphatic rings. The van der Waals surface area contributed by atoms with Gasteiger partial charge in [-0.25, -0.2) is 0 Å². The Bertz CT molecular complexity index is 654. The summed E-state index contributed by atoms with van der Waals surface area (Å²) in [6.07, 6.45) is 37.3. The van der Waals surface area contributed by atoms with E-state index in [-0.39, 0.29) is 24.7 Å². The van der Waals surface area contributed by atoms with E-state index in [9.17, 15) is 14.4 Å². The molecule has 6 heteroatoms. The predicted octanol–water partition coefficient (Wildman–Crippen LogP) is 10.3. The fraction of sp³-hybridized carbons (Fsp3) is 0.743. The first-order chi connectivity index (χ1) is 19.7. The average molecular weight is 577 g/mol. The summed E-state index contributed by atoms with van der Waals surface area (Å²) in [4.78, 5) is 31.8. The lowest BCUT2D eigenvalue weighted by atomic mass is 9.87. The fourth-order valence-electron chi connectivity index (χ4n) is 4.92. The number of unbranched alkanes of at least 4 members (excludes halogenated alkanes) is 18. The quantitative estimate of drug-likeness (QED) is 0.0579. The Hall–Kier alpha value is -2.37. The van der Waals surface area contributed by atoms with Crippen LogP contribution in [0.2, 0.25) is 0 Å². The standard InChI is InChI=1S/C35H60O6/c1-35(29-23-17-11-5-2-8-14-20-26-32(36)37,30-24-18-12-6-3-9-15-21-27-33(38)39)31-25-19-13-7-4-10-16-22-28-34(40)41/h23-25,29-31H,2-22,26-28H2,1H3,(H,36,37)(H,38,39)(H,40,41). The molecule has 0 aromatic heterocycles. The minimum atomic E-state index is -0.698. The number of aliphatic carboxylic acids is 3. The highest BCUT2D eigenvalue weighted by molar-refractivity contribution is 5.67. The maximum Gasteiger partial charge on any atom is 0.303 e. The summed E-state index contributed by atoms with van der Waals surface area (Å²) in [6.45, 7) is 2.27. The van der Waals surface area contributed by atoms with Crippen molar-refractivity contribution in [3.05, 3.63) is 36.5 Å². The molecule has 0 fully saturated rings. The summed E-state index contributed by atoms with van der Waals surface area (Å²) < 4.78 is 0. The van der Waals surface area contributed by atoms with E-state index in [1.54, 1.807) is 0 Å². The Morgan fingerprint density at radius 2 is 0.634 bits per heavy atom. The van der Waals surface area contributed by atoms with Gasteiger partial charge in [-0.1, -0.05) is 114 Å². The van der Waals surface area contributed by atoms with Crippen LogP contribution >= 0.6 is 0 Å². The van der Waals surface area contributed by atoms with Gasteiger partial charge in [0.15, 0.2) is 0 Å². The van der Waals surface area contributed by atoms with Gasteiger partial charge in [-0.15, -0.1) is 0 Å². The molecule has 0 atom stereocenters. The van der Waals surface area contributed by atoms with Crippen LogP contribution in [-0.4, -0.2) is 33.2 Å². The molecule has 0 saturated carbocycles. The van der Waals surface area contributed by atoms with Gasteiger partial charge in [0, 0.05) is 24.7 Å². The third-order valence-corrected chi connectivity index (χ3v) is 7.47. The molecule has 0 aliphatic heterocycles. The number of allylic oxidation sites excluding steroid dienone is 6. The number of carboxylic acid groups (broad SMARTS) is 3. The Labute approximate surface area is 250 Å². The maximum absolute atomic E-state index is 10.6. The SMILES string of the molecule is CC(C=CCCCCCCCCC(=O)O)(C=CCCCCCCCCC(=O)O)C=CCCCCCCCCC(=O)O. The number of carboxylic acids is 3. The molecule has 0 bridgehead atoms. The van der Waals surface area contributed by atoms with Crippen LogP contribution in [0, 0.1) is 5.41 Å². The monoisotopic (exact) mass is 576 g/mol. The van der Waals surface area contributed by atoms with Gasteiger partial charge in [0.1, 0.15) is 0 Å². The van der Waals surface area contributed by atoms with Crippen molar-refractivity contribution in [1.82, 2.24) is 0 Å². The lowest BCUT2D eigenvalue weighted by Crippen LogP contribution is -2.05. The number of hydrogen-bond acceptors (Lipinski definition) is 3. The molecule has 0 aliphatic carbocycles. The number of hydrogen-bond donors (Lipinski definition) is 3. The summed E-state index contributed by atoms with van der Waals surface area (Å²) in [7, 11) is 0. The second-order valence-electron chi connectivity index (χ2n) is 11.7. The van der Waals surface area contributed by atoms with Crippen molar-refractivity contribution in [1.29, 1.82) is 0 Å². The predicted molar refractivity (Wildman–Crippen MR) is 169 cm³/mol. The van der Waals surface area contributed by atoms with Gasteiger partial charge >= 0.3 is 17.9 Å². The molecular formula is C35H60O6. The topological polar surface area (TPSA) is 112 Å². The highest BCUT2D eigenvalue weighted by Crippen LogP contribution is 2.25. The van der Waals surface area contributed by atoms with Gasteiger partial charge in [-0.3, -0.25) is 14.4 Å². The first-order valence-electron chi connectivity index (χ1n) is 16.4. The minimum absolute atomic E-state index is 0.0928. The van der Waals surface area contributed by atoms with Crippen molar-refractivity contribution in [2.24, 2.45) is 5.41 Å². The highest BCUT2D eigenvalue weighted by Gasteiger charge is 2.12. The van der Waals surface area contributed by atoms with E-state index in [2.05, 4.69) is 43.4 Å².